The molecule has 0 radical (unpaired) electrons. The fourth-order valence-electron chi connectivity index (χ4n) is 4.77. The number of pyridine rings is 1. The van der Waals surface area contributed by atoms with Crippen LogP contribution in [0.25, 0.3) is 16.8 Å². The molecule has 4 aromatic rings. The fourth-order valence-corrected chi connectivity index (χ4v) is 4.77. The maximum Gasteiger partial charge on any atom is 0.274 e. The summed E-state index contributed by atoms with van der Waals surface area (Å²) in [5.41, 5.74) is 12.1. The van der Waals surface area contributed by atoms with Crippen molar-refractivity contribution in [1.82, 2.24) is 19.4 Å². The van der Waals surface area contributed by atoms with Crippen LogP contribution < -0.4 is 15.8 Å². The molecule has 3 N–H and O–H groups in total. The summed E-state index contributed by atoms with van der Waals surface area (Å²) in [6.45, 7) is 4.61. The predicted octanol–water partition coefficient (Wildman–Crippen LogP) is 4.43. The summed E-state index contributed by atoms with van der Waals surface area (Å²) in [6, 6.07) is 17.7. The first kappa shape index (κ1) is 24.7. The molecule has 1 atom stereocenters. The van der Waals surface area contributed by atoms with Gasteiger partial charge in [0.1, 0.15) is 11.4 Å². The van der Waals surface area contributed by atoms with Gasteiger partial charge in [-0.05, 0) is 85.5 Å². The van der Waals surface area contributed by atoms with Gasteiger partial charge in [0.05, 0.1) is 19.1 Å². The Labute approximate surface area is 217 Å². The second kappa shape index (κ2) is 10.9. The van der Waals surface area contributed by atoms with Crippen LogP contribution in [0.4, 0.5) is 5.69 Å². The van der Waals surface area contributed by atoms with Gasteiger partial charge in [0.15, 0.2) is 0 Å². The van der Waals surface area contributed by atoms with Gasteiger partial charge >= 0.3 is 0 Å². The summed E-state index contributed by atoms with van der Waals surface area (Å²) in [6.07, 6.45) is 7.57. The third kappa shape index (κ3) is 6.04. The molecule has 8 heteroatoms. The lowest BCUT2D eigenvalue weighted by molar-refractivity contribution is 0.102. The Hall–Kier alpha value is -4.01. The van der Waals surface area contributed by atoms with E-state index in [1.165, 1.54) is 0 Å². The number of nitrogens with zero attached hydrogens (tertiary/aromatic N) is 4. The number of ether oxygens (including phenoxy) is 1. The molecule has 37 heavy (non-hydrogen) atoms. The summed E-state index contributed by atoms with van der Waals surface area (Å²) < 4.78 is 7.31. The molecular formula is C29H32N6O2. The number of amides is 1. The lowest BCUT2D eigenvalue weighted by Gasteiger charge is -2.30. The molecule has 5 rings (SSSR count). The number of likely N-dealkylation sites (tertiary alicyclic amines) is 1. The van der Waals surface area contributed by atoms with Crippen molar-refractivity contribution in [2.24, 2.45) is 5.73 Å². The van der Waals surface area contributed by atoms with E-state index in [9.17, 15) is 4.79 Å². The highest BCUT2D eigenvalue weighted by atomic mass is 16.5. The van der Waals surface area contributed by atoms with Crippen LogP contribution in [0.2, 0.25) is 0 Å². The zero-order valence-electron chi connectivity index (χ0n) is 21.2. The number of carbonyl (C=O) groups is 1. The van der Waals surface area contributed by atoms with Crippen LogP contribution >= 0.6 is 0 Å². The van der Waals surface area contributed by atoms with Gasteiger partial charge in [-0.1, -0.05) is 12.1 Å². The first-order valence-corrected chi connectivity index (χ1v) is 12.5. The minimum atomic E-state index is -0.269. The largest absolute Gasteiger partial charge is 0.497 e. The quantitative estimate of drug-likeness (QED) is 0.393. The van der Waals surface area contributed by atoms with Crippen molar-refractivity contribution in [3.05, 3.63) is 90.3 Å². The average molecular weight is 497 g/mol. The highest BCUT2D eigenvalue weighted by Crippen LogP contribution is 2.25. The van der Waals surface area contributed by atoms with Gasteiger partial charge in [-0.3, -0.25) is 14.7 Å². The van der Waals surface area contributed by atoms with E-state index in [2.05, 4.69) is 26.3 Å². The van der Waals surface area contributed by atoms with Crippen molar-refractivity contribution < 1.29 is 9.53 Å². The Morgan fingerprint density at radius 3 is 2.78 bits per heavy atom. The highest BCUT2D eigenvalue weighted by molar-refractivity contribution is 6.03. The number of piperidine rings is 1. The molecule has 8 nitrogen and oxygen atoms in total. The Kier molecular flexibility index (Phi) is 7.30. The number of imidazole rings is 1. The monoisotopic (exact) mass is 496 g/mol. The number of carbonyl (C=O) groups excluding carboxylic acids is 1. The van der Waals surface area contributed by atoms with E-state index in [1.807, 2.05) is 60.2 Å². The fraction of sp³-hybridized carbons (Fsp3) is 0.276. The number of methoxy groups -OCH3 is 1. The zero-order valence-corrected chi connectivity index (χ0v) is 21.2. The van der Waals surface area contributed by atoms with E-state index in [-0.39, 0.29) is 11.9 Å². The van der Waals surface area contributed by atoms with Gasteiger partial charge in [-0.15, -0.1) is 0 Å². The normalized spacial score (nSPS) is 15.9. The number of nitrogens with two attached hydrogens (primary N) is 1. The second-order valence-electron chi connectivity index (χ2n) is 9.56. The highest BCUT2D eigenvalue weighted by Gasteiger charge is 2.18. The zero-order chi connectivity index (χ0) is 25.8. The number of benzene rings is 2. The number of rotatable bonds is 7. The van der Waals surface area contributed by atoms with E-state index < -0.39 is 0 Å². The molecule has 1 aliphatic rings. The van der Waals surface area contributed by atoms with E-state index in [1.54, 1.807) is 25.7 Å². The number of nitrogens with one attached hydrogen (secondary N) is 1. The topological polar surface area (TPSA) is 98.3 Å². The molecule has 1 amide bonds. The maximum absolute atomic E-state index is 13.3. The molecule has 0 bridgehead atoms. The Bertz CT molecular complexity index is 1400. The van der Waals surface area contributed by atoms with Gasteiger partial charge in [0, 0.05) is 42.9 Å². The first-order valence-electron chi connectivity index (χ1n) is 12.5. The molecule has 3 heterocycles. The third-order valence-electron chi connectivity index (χ3n) is 6.59. The summed E-state index contributed by atoms with van der Waals surface area (Å²) in [5.74, 6) is 0.490. The van der Waals surface area contributed by atoms with Crippen molar-refractivity contribution in [2.75, 3.05) is 25.5 Å². The lowest BCUT2D eigenvalue weighted by atomic mass is 10.0. The number of anilines is 1. The van der Waals surface area contributed by atoms with Crippen molar-refractivity contribution in [3.8, 4) is 22.6 Å². The average Bonchev–Trinajstić information content (AvgIpc) is 3.35. The maximum atomic E-state index is 13.3. The molecule has 1 fully saturated rings. The van der Waals surface area contributed by atoms with Crippen LogP contribution in [-0.2, 0) is 6.54 Å². The van der Waals surface area contributed by atoms with Crippen LogP contribution in [0.1, 0.15) is 34.6 Å². The van der Waals surface area contributed by atoms with Crippen LogP contribution in [0, 0.1) is 6.92 Å². The van der Waals surface area contributed by atoms with Crippen molar-refractivity contribution in [2.45, 2.75) is 32.4 Å². The molecule has 0 unspecified atom stereocenters. The molecular weight excluding hydrogens is 464 g/mol. The first-order chi connectivity index (χ1) is 18.0. The van der Waals surface area contributed by atoms with Gasteiger partial charge in [0.25, 0.3) is 5.91 Å². The number of aromatic nitrogens is 3. The SMILES string of the molecule is COc1cccc(-c2ccnc(C(=O)Nc3cc(CN4CCC[C@H](N)C4)cc(-n4cnc(C)c4)c3)c2)c1. The summed E-state index contributed by atoms with van der Waals surface area (Å²) >= 11 is 0. The molecule has 1 saturated heterocycles. The molecule has 0 aliphatic carbocycles. The standard InChI is InChI=1S/C29H32N6O2/c1-20-16-35(19-32-20)26-12-21(17-34-10-4-6-24(30)18-34)11-25(15-26)33-29(36)28-14-23(8-9-31-28)22-5-3-7-27(13-22)37-2/h3,5,7-9,11-16,19,24H,4,6,10,17-18,30H2,1-2H3,(H,33,36)/t24-/m0/s1. The third-order valence-corrected chi connectivity index (χ3v) is 6.59. The van der Waals surface area contributed by atoms with Crippen molar-refractivity contribution in [3.63, 3.8) is 0 Å². The molecule has 1 aliphatic heterocycles. The van der Waals surface area contributed by atoms with Crippen molar-refractivity contribution >= 4 is 11.6 Å². The minimum absolute atomic E-state index is 0.204. The minimum Gasteiger partial charge on any atom is -0.497 e. The van der Waals surface area contributed by atoms with E-state index in [0.29, 0.717) is 11.4 Å². The van der Waals surface area contributed by atoms with Gasteiger partial charge in [-0.2, -0.15) is 0 Å². The molecule has 0 saturated carbocycles. The molecule has 2 aromatic carbocycles. The molecule has 0 spiro atoms. The number of hydrogen-bond donors (Lipinski definition) is 2. The Balaban J connectivity index is 1.41. The summed E-state index contributed by atoms with van der Waals surface area (Å²) in [4.78, 5) is 24.3. The number of hydrogen-bond acceptors (Lipinski definition) is 6. The van der Waals surface area contributed by atoms with E-state index >= 15 is 0 Å². The van der Waals surface area contributed by atoms with Crippen LogP contribution in [0.5, 0.6) is 5.75 Å². The van der Waals surface area contributed by atoms with E-state index in [0.717, 1.165) is 66.3 Å². The Morgan fingerprint density at radius 2 is 2.00 bits per heavy atom. The smallest absolute Gasteiger partial charge is 0.274 e. The summed E-state index contributed by atoms with van der Waals surface area (Å²) in [7, 11) is 1.64. The summed E-state index contributed by atoms with van der Waals surface area (Å²) in [5, 5.41) is 3.06. The van der Waals surface area contributed by atoms with Crippen LogP contribution in [0.3, 0.4) is 0 Å². The molecule has 2 aromatic heterocycles. The predicted molar refractivity (Wildman–Crippen MR) is 145 cm³/mol. The van der Waals surface area contributed by atoms with Crippen LogP contribution in [0.15, 0.2) is 73.3 Å². The Morgan fingerprint density at radius 1 is 1.14 bits per heavy atom. The van der Waals surface area contributed by atoms with Crippen LogP contribution in [-0.4, -0.2) is 51.6 Å². The van der Waals surface area contributed by atoms with Gasteiger partial charge < -0.3 is 20.4 Å². The van der Waals surface area contributed by atoms with Crippen molar-refractivity contribution in [1.29, 1.82) is 0 Å². The van der Waals surface area contributed by atoms with E-state index in [4.69, 9.17) is 10.5 Å². The lowest BCUT2D eigenvalue weighted by Crippen LogP contribution is -2.42. The van der Waals surface area contributed by atoms with Gasteiger partial charge in [-0.25, -0.2) is 4.98 Å². The molecule has 190 valence electrons. The number of aryl methyl sites for hydroxylation is 1. The second-order valence-corrected chi connectivity index (χ2v) is 9.56. The van der Waals surface area contributed by atoms with Gasteiger partial charge in [0.2, 0.25) is 0 Å².